The van der Waals surface area contributed by atoms with Crippen LogP contribution in [0.3, 0.4) is 0 Å². The second-order valence-electron chi connectivity index (χ2n) is 4.93. The van der Waals surface area contributed by atoms with E-state index in [-0.39, 0.29) is 6.54 Å². The number of rotatable bonds is 7. The normalized spacial score (nSPS) is 10.8. The molecule has 2 amide bonds. The number of hydrogen-bond acceptors (Lipinski definition) is 3. The number of urea groups is 1. The highest BCUT2D eigenvalue weighted by atomic mass is 16.2. The molecule has 2 aromatic rings. The summed E-state index contributed by atoms with van der Waals surface area (Å²) in [5, 5.41) is 16.9. The summed E-state index contributed by atoms with van der Waals surface area (Å²) in [5.74, 6) is 0. The first kappa shape index (κ1) is 17.0. The number of allylic oxidation sites excluding steroid dienone is 2. The Morgan fingerprint density at radius 1 is 1.29 bits per heavy atom. The van der Waals surface area contributed by atoms with Crippen molar-refractivity contribution in [1.82, 2.24) is 15.1 Å². The number of nitrogens with zero attached hydrogens (tertiary/aromatic N) is 2. The van der Waals surface area contributed by atoms with Gasteiger partial charge in [-0.15, -0.1) is 0 Å². The average molecular weight is 321 g/mol. The maximum Gasteiger partial charge on any atom is 0.327 e. The van der Waals surface area contributed by atoms with Gasteiger partial charge in [0, 0.05) is 17.4 Å². The van der Waals surface area contributed by atoms with E-state index in [1.807, 2.05) is 12.1 Å². The van der Waals surface area contributed by atoms with Gasteiger partial charge >= 0.3 is 6.03 Å². The third-order valence-electron chi connectivity index (χ3n) is 3.33. The summed E-state index contributed by atoms with van der Waals surface area (Å²) in [6.45, 7) is 7.55. The zero-order valence-electron chi connectivity index (χ0n) is 13.2. The Morgan fingerprint density at radius 3 is 2.58 bits per heavy atom. The van der Waals surface area contributed by atoms with Crippen molar-refractivity contribution in [2.75, 3.05) is 11.9 Å². The fraction of sp³-hybridized carbons (Fsp3) is 0.0556. The highest BCUT2D eigenvalue weighted by molar-refractivity contribution is 5.96. The molecule has 0 unspecified atom stereocenters. The first-order valence-corrected chi connectivity index (χ1v) is 7.29. The highest BCUT2D eigenvalue weighted by Crippen LogP contribution is 2.20. The summed E-state index contributed by atoms with van der Waals surface area (Å²) in [5.41, 5.74) is 3.40. The molecule has 1 heterocycles. The molecule has 6 heteroatoms. The zero-order chi connectivity index (χ0) is 17.4. The third-order valence-corrected chi connectivity index (χ3v) is 3.33. The number of anilines is 1. The van der Waals surface area contributed by atoms with E-state index in [0.717, 1.165) is 23.0 Å². The lowest BCUT2D eigenvalue weighted by Gasteiger charge is -2.18. The summed E-state index contributed by atoms with van der Waals surface area (Å²) in [6.07, 6.45) is 9.50. The second kappa shape index (κ2) is 8.28. The molecule has 0 atom stereocenters. The van der Waals surface area contributed by atoms with Gasteiger partial charge in [-0.25, -0.2) is 4.79 Å². The van der Waals surface area contributed by atoms with Gasteiger partial charge in [0.1, 0.15) is 0 Å². The number of carbonyl (C=O) groups is 1. The molecule has 1 aromatic heterocycles. The van der Waals surface area contributed by atoms with Crippen LogP contribution in [-0.2, 0) is 0 Å². The SMILES string of the molecule is C=C/C=C(\C=C)CN(C=N)C(=O)Nc1ccc(-c2cn[nH]c2)cc1. The smallest absolute Gasteiger partial charge is 0.308 e. The molecule has 24 heavy (non-hydrogen) atoms. The maximum absolute atomic E-state index is 12.3. The van der Waals surface area contributed by atoms with Crippen molar-refractivity contribution < 1.29 is 4.79 Å². The molecule has 0 saturated heterocycles. The number of nitrogens with one attached hydrogen (secondary N) is 3. The average Bonchev–Trinajstić information content (AvgIpc) is 3.13. The van der Waals surface area contributed by atoms with E-state index in [1.54, 1.807) is 42.8 Å². The number of H-pyrrole nitrogens is 1. The van der Waals surface area contributed by atoms with Crippen LogP contribution < -0.4 is 5.32 Å². The van der Waals surface area contributed by atoms with Gasteiger partial charge in [-0.05, 0) is 23.3 Å². The minimum Gasteiger partial charge on any atom is -0.308 e. The van der Waals surface area contributed by atoms with E-state index < -0.39 is 6.03 Å². The molecule has 0 aliphatic rings. The monoisotopic (exact) mass is 321 g/mol. The Morgan fingerprint density at radius 2 is 2.04 bits per heavy atom. The lowest BCUT2D eigenvalue weighted by molar-refractivity contribution is 0.237. The minimum absolute atomic E-state index is 0.248. The van der Waals surface area contributed by atoms with Crippen LogP contribution in [0.4, 0.5) is 10.5 Å². The predicted octanol–water partition coefficient (Wildman–Crippen LogP) is 3.82. The molecular formula is C18H19N5O. The van der Waals surface area contributed by atoms with Gasteiger partial charge in [0.15, 0.2) is 0 Å². The summed E-state index contributed by atoms with van der Waals surface area (Å²) >= 11 is 0. The number of hydrogen-bond donors (Lipinski definition) is 3. The molecule has 0 radical (unpaired) electrons. The molecular weight excluding hydrogens is 302 g/mol. The Bertz CT molecular complexity index is 744. The number of aromatic amines is 1. The van der Waals surface area contributed by atoms with Crippen molar-refractivity contribution in [3.63, 3.8) is 0 Å². The Kier molecular flexibility index (Phi) is 5.85. The van der Waals surface area contributed by atoms with E-state index in [4.69, 9.17) is 5.41 Å². The predicted molar refractivity (Wildman–Crippen MR) is 97.0 cm³/mol. The third kappa shape index (κ3) is 4.30. The largest absolute Gasteiger partial charge is 0.327 e. The van der Waals surface area contributed by atoms with Crippen LogP contribution in [0.5, 0.6) is 0 Å². The Labute approximate surface area is 140 Å². The van der Waals surface area contributed by atoms with Crippen molar-refractivity contribution in [3.8, 4) is 11.1 Å². The van der Waals surface area contributed by atoms with Crippen molar-refractivity contribution in [3.05, 3.63) is 73.6 Å². The molecule has 0 saturated carbocycles. The van der Waals surface area contributed by atoms with Gasteiger partial charge in [-0.1, -0.05) is 43.5 Å². The molecule has 2 rings (SSSR count). The molecule has 0 bridgehead atoms. The molecule has 3 N–H and O–H groups in total. The van der Waals surface area contributed by atoms with Gasteiger partial charge in [-0.3, -0.25) is 15.4 Å². The molecule has 122 valence electrons. The van der Waals surface area contributed by atoms with E-state index in [2.05, 4.69) is 28.7 Å². The second-order valence-corrected chi connectivity index (χ2v) is 4.93. The molecule has 1 aromatic carbocycles. The van der Waals surface area contributed by atoms with Crippen LogP contribution >= 0.6 is 0 Å². The van der Waals surface area contributed by atoms with E-state index in [1.165, 1.54) is 4.90 Å². The topological polar surface area (TPSA) is 84.9 Å². The number of aromatic nitrogens is 2. The van der Waals surface area contributed by atoms with Crippen LogP contribution in [0.2, 0.25) is 0 Å². The fourth-order valence-electron chi connectivity index (χ4n) is 2.06. The lowest BCUT2D eigenvalue weighted by atomic mass is 10.1. The van der Waals surface area contributed by atoms with Gasteiger partial charge in [-0.2, -0.15) is 5.10 Å². The number of benzene rings is 1. The first-order chi connectivity index (χ1) is 11.7. The van der Waals surface area contributed by atoms with Crippen molar-refractivity contribution in [1.29, 1.82) is 5.41 Å². The van der Waals surface area contributed by atoms with E-state index >= 15 is 0 Å². The van der Waals surface area contributed by atoms with Crippen LogP contribution in [0, 0.1) is 5.41 Å². The fourth-order valence-corrected chi connectivity index (χ4v) is 2.06. The molecule has 6 nitrogen and oxygen atoms in total. The maximum atomic E-state index is 12.3. The van der Waals surface area contributed by atoms with E-state index in [9.17, 15) is 4.79 Å². The van der Waals surface area contributed by atoms with Gasteiger partial charge in [0.25, 0.3) is 0 Å². The van der Waals surface area contributed by atoms with Crippen molar-refractivity contribution in [2.45, 2.75) is 0 Å². The van der Waals surface area contributed by atoms with Crippen LogP contribution in [0.1, 0.15) is 0 Å². The highest BCUT2D eigenvalue weighted by Gasteiger charge is 2.12. The van der Waals surface area contributed by atoms with Crippen LogP contribution in [-0.4, -0.2) is 34.0 Å². The number of amides is 2. The van der Waals surface area contributed by atoms with Crippen LogP contribution in [0.15, 0.2) is 73.6 Å². The summed E-state index contributed by atoms with van der Waals surface area (Å²) in [4.78, 5) is 13.5. The first-order valence-electron chi connectivity index (χ1n) is 7.29. The summed E-state index contributed by atoms with van der Waals surface area (Å²) in [7, 11) is 0. The van der Waals surface area contributed by atoms with Gasteiger partial charge < -0.3 is 5.32 Å². The molecule has 0 spiro atoms. The van der Waals surface area contributed by atoms with Crippen LogP contribution in [0.25, 0.3) is 11.1 Å². The zero-order valence-corrected chi connectivity index (χ0v) is 13.2. The van der Waals surface area contributed by atoms with Gasteiger partial charge in [0.05, 0.1) is 19.1 Å². The standard InChI is InChI=1S/C18H19N5O/c1-3-5-14(4-2)12-23(13-19)18(24)22-17-8-6-15(7-9-17)16-10-20-21-11-16/h3-11,13,19H,1-2,12H2,(H,20,21)(H,22,24)/b14-5+,19-13?. The lowest BCUT2D eigenvalue weighted by Crippen LogP contribution is -2.34. The molecule has 0 fully saturated rings. The van der Waals surface area contributed by atoms with Crippen molar-refractivity contribution >= 4 is 18.1 Å². The summed E-state index contributed by atoms with van der Waals surface area (Å²) in [6, 6.07) is 6.99. The molecule has 0 aliphatic heterocycles. The Hall–Kier alpha value is -3.41. The van der Waals surface area contributed by atoms with E-state index in [0.29, 0.717) is 5.69 Å². The Balaban J connectivity index is 2.04. The van der Waals surface area contributed by atoms with Gasteiger partial charge in [0.2, 0.25) is 0 Å². The number of carbonyl (C=O) groups excluding carboxylic acids is 1. The van der Waals surface area contributed by atoms with Crippen molar-refractivity contribution in [2.24, 2.45) is 0 Å². The molecule has 0 aliphatic carbocycles. The quantitative estimate of drug-likeness (QED) is 0.411. The minimum atomic E-state index is -0.391. The summed E-state index contributed by atoms with van der Waals surface area (Å²) < 4.78 is 0.